The molecule has 5 heteroatoms. The maximum Gasteiger partial charge on any atom is 0.255 e. The smallest absolute Gasteiger partial charge is 0.255 e. The molecular weight excluding hydrogens is 340 g/mol. The van der Waals surface area contributed by atoms with Crippen molar-refractivity contribution in [2.45, 2.75) is 6.42 Å². The second kappa shape index (κ2) is 6.86. The predicted octanol–water partition coefficient (Wildman–Crippen LogP) is 3.81. The first-order valence-electron chi connectivity index (χ1n) is 6.17. The standard InChI is InChI=1S/C15H14BrClN2O/c1-19(9-6-11-4-7-18-8-5-11)15(20)13-3-2-12(16)10-14(13)17/h2-5,7-8,10H,6,9H2,1H3. The van der Waals surface area contributed by atoms with Crippen LogP contribution < -0.4 is 0 Å². The van der Waals surface area contributed by atoms with Gasteiger partial charge in [0.1, 0.15) is 0 Å². The summed E-state index contributed by atoms with van der Waals surface area (Å²) in [5.74, 6) is -0.0726. The highest BCUT2D eigenvalue weighted by molar-refractivity contribution is 9.10. The molecule has 0 spiro atoms. The first kappa shape index (κ1) is 15.0. The molecule has 0 N–H and O–H groups in total. The van der Waals surface area contributed by atoms with E-state index in [-0.39, 0.29) is 5.91 Å². The van der Waals surface area contributed by atoms with Crippen LogP contribution in [0, 0.1) is 0 Å². The van der Waals surface area contributed by atoms with Crippen LogP contribution in [0.15, 0.2) is 47.2 Å². The van der Waals surface area contributed by atoms with Gasteiger partial charge in [-0.3, -0.25) is 9.78 Å². The Kier molecular flexibility index (Phi) is 5.15. The highest BCUT2D eigenvalue weighted by Crippen LogP contribution is 2.22. The van der Waals surface area contributed by atoms with Crippen LogP contribution in [0.3, 0.4) is 0 Å². The lowest BCUT2D eigenvalue weighted by molar-refractivity contribution is 0.0797. The summed E-state index contributed by atoms with van der Waals surface area (Å²) in [6, 6.07) is 9.18. The Bertz CT molecular complexity index is 604. The van der Waals surface area contributed by atoms with Gasteiger partial charge in [0.15, 0.2) is 0 Å². The van der Waals surface area contributed by atoms with E-state index in [9.17, 15) is 4.79 Å². The Morgan fingerprint density at radius 3 is 2.65 bits per heavy atom. The minimum atomic E-state index is -0.0726. The lowest BCUT2D eigenvalue weighted by Gasteiger charge is -2.18. The number of rotatable bonds is 4. The Labute approximate surface area is 131 Å². The van der Waals surface area contributed by atoms with E-state index >= 15 is 0 Å². The number of aromatic nitrogens is 1. The van der Waals surface area contributed by atoms with Crippen LogP contribution in [-0.4, -0.2) is 29.4 Å². The average molecular weight is 354 g/mol. The Balaban J connectivity index is 2.01. The van der Waals surface area contributed by atoms with Crippen molar-refractivity contribution < 1.29 is 4.79 Å². The number of amides is 1. The van der Waals surface area contributed by atoms with Gasteiger partial charge < -0.3 is 4.90 Å². The molecule has 20 heavy (non-hydrogen) atoms. The molecule has 1 aromatic carbocycles. The summed E-state index contributed by atoms with van der Waals surface area (Å²) in [5, 5.41) is 0.458. The van der Waals surface area contributed by atoms with Gasteiger partial charge in [-0.05, 0) is 42.3 Å². The van der Waals surface area contributed by atoms with E-state index in [0.717, 1.165) is 16.5 Å². The molecule has 0 saturated carbocycles. The van der Waals surface area contributed by atoms with Gasteiger partial charge >= 0.3 is 0 Å². The third kappa shape index (κ3) is 3.81. The molecule has 3 nitrogen and oxygen atoms in total. The van der Waals surface area contributed by atoms with E-state index in [2.05, 4.69) is 20.9 Å². The predicted molar refractivity (Wildman–Crippen MR) is 84.1 cm³/mol. The Morgan fingerprint density at radius 1 is 1.30 bits per heavy atom. The van der Waals surface area contributed by atoms with Crippen LogP contribution in [0.25, 0.3) is 0 Å². The van der Waals surface area contributed by atoms with Crippen molar-refractivity contribution in [3.63, 3.8) is 0 Å². The van der Waals surface area contributed by atoms with Gasteiger partial charge in [-0.1, -0.05) is 27.5 Å². The van der Waals surface area contributed by atoms with Crippen molar-refractivity contribution in [3.8, 4) is 0 Å². The summed E-state index contributed by atoms with van der Waals surface area (Å²) >= 11 is 9.43. The molecule has 0 atom stereocenters. The number of carbonyl (C=O) groups is 1. The first-order chi connectivity index (χ1) is 9.58. The van der Waals surface area contributed by atoms with Crippen LogP contribution in [0.5, 0.6) is 0 Å². The van der Waals surface area contributed by atoms with Gasteiger partial charge in [-0.15, -0.1) is 0 Å². The number of hydrogen-bond acceptors (Lipinski definition) is 2. The second-order valence-corrected chi connectivity index (χ2v) is 5.78. The third-order valence-electron chi connectivity index (χ3n) is 2.99. The molecule has 0 aliphatic heterocycles. The van der Waals surface area contributed by atoms with Crippen LogP contribution in [0.1, 0.15) is 15.9 Å². The van der Waals surface area contributed by atoms with E-state index in [0.29, 0.717) is 17.1 Å². The van der Waals surface area contributed by atoms with Crippen molar-refractivity contribution in [3.05, 3.63) is 63.3 Å². The van der Waals surface area contributed by atoms with E-state index in [1.54, 1.807) is 36.5 Å². The second-order valence-electron chi connectivity index (χ2n) is 4.46. The normalized spacial score (nSPS) is 10.3. The van der Waals surface area contributed by atoms with Crippen LogP contribution >= 0.6 is 27.5 Å². The molecule has 0 aliphatic carbocycles. The monoisotopic (exact) mass is 352 g/mol. The van der Waals surface area contributed by atoms with Crippen LogP contribution in [0.4, 0.5) is 0 Å². The molecule has 104 valence electrons. The maximum absolute atomic E-state index is 12.3. The van der Waals surface area contributed by atoms with E-state index in [1.807, 2.05) is 18.2 Å². The molecule has 1 aromatic heterocycles. The Morgan fingerprint density at radius 2 is 2.00 bits per heavy atom. The van der Waals surface area contributed by atoms with Gasteiger partial charge in [-0.2, -0.15) is 0 Å². The molecule has 2 aromatic rings. The fraction of sp³-hybridized carbons (Fsp3) is 0.200. The fourth-order valence-electron chi connectivity index (χ4n) is 1.82. The summed E-state index contributed by atoms with van der Waals surface area (Å²) in [6.45, 7) is 0.634. The summed E-state index contributed by atoms with van der Waals surface area (Å²) in [4.78, 5) is 18.0. The quantitative estimate of drug-likeness (QED) is 0.837. The van der Waals surface area contributed by atoms with E-state index in [4.69, 9.17) is 11.6 Å². The van der Waals surface area contributed by atoms with Crippen molar-refractivity contribution >= 4 is 33.4 Å². The molecule has 0 unspecified atom stereocenters. The highest BCUT2D eigenvalue weighted by Gasteiger charge is 2.15. The lowest BCUT2D eigenvalue weighted by Crippen LogP contribution is -2.29. The minimum Gasteiger partial charge on any atom is -0.341 e. The topological polar surface area (TPSA) is 33.2 Å². The number of pyridine rings is 1. The zero-order valence-electron chi connectivity index (χ0n) is 11.0. The zero-order chi connectivity index (χ0) is 14.5. The molecule has 1 heterocycles. The SMILES string of the molecule is CN(CCc1ccncc1)C(=O)c1ccc(Br)cc1Cl. The van der Waals surface area contributed by atoms with Crippen LogP contribution in [-0.2, 0) is 6.42 Å². The van der Waals surface area contributed by atoms with Crippen molar-refractivity contribution in [1.82, 2.24) is 9.88 Å². The molecule has 0 fully saturated rings. The molecule has 2 rings (SSSR count). The molecule has 0 bridgehead atoms. The van der Waals surface area contributed by atoms with E-state index in [1.165, 1.54) is 0 Å². The largest absolute Gasteiger partial charge is 0.341 e. The number of hydrogen-bond donors (Lipinski definition) is 0. The molecule has 0 radical (unpaired) electrons. The number of halogens is 2. The zero-order valence-corrected chi connectivity index (χ0v) is 13.4. The Hall–Kier alpha value is -1.39. The van der Waals surface area contributed by atoms with Crippen LogP contribution in [0.2, 0.25) is 5.02 Å². The highest BCUT2D eigenvalue weighted by atomic mass is 79.9. The van der Waals surface area contributed by atoms with E-state index < -0.39 is 0 Å². The molecule has 0 saturated heterocycles. The maximum atomic E-state index is 12.3. The fourth-order valence-corrected chi connectivity index (χ4v) is 2.57. The first-order valence-corrected chi connectivity index (χ1v) is 7.34. The summed E-state index contributed by atoms with van der Waals surface area (Å²) in [5.41, 5.74) is 1.67. The van der Waals surface area contributed by atoms with Gasteiger partial charge in [-0.25, -0.2) is 0 Å². The van der Waals surface area contributed by atoms with Crippen molar-refractivity contribution in [1.29, 1.82) is 0 Å². The molecule has 0 aliphatic rings. The lowest BCUT2D eigenvalue weighted by atomic mass is 10.1. The minimum absolute atomic E-state index is 0.0726. The van der Waals surface area contributed by atoms with Crippen molar-refractivity contribution in [2.75, 3.05) is 13.6 Å². The third-order valence-corrected chi connectivity index (χ3v) is 3.80. The van der Waals surface area contributed by atoms with Gasteiger partial charge in [0.05, 0.1) is 10.6 Å². The average Bonchev–Trinajstić information content (AvgIpc) is 2.45. The number of likely N-dealkylation sites (N-methyl/N-ethyl adjacent to an activating group) is 1. The number of nitrogens with zero attached hydrogens (tertiary/aromatic N) is 2. The van der Waals surface area contributed by atoms with Gasteiger partial charge in [0.25, 0.3) is 5.91 Å². The summed E-state index contributed by atoms with van der Waals surface area (Å²) < 4.78 is 0.860. The van der Waals surface area contributed by atoms with Gasteiger partial charge in [0, 0.05) is 30.5 Å². The molecular formula is C15H14BrClN2O. The van der Waals surface area contributed by atoms with Gasteiger partial charge in [0.2, 0.25) is 0 Å². The summed E-state index contributed by atoms with van der Waals surface area (Å²) in [7, 11) is 1.78. The van der Waals surface area contributed by atoms with Crippen molar-refractivity contribution in [2.24, 2.45) is 0 Å². The number of benzene rings is 1. The molecule has 1 amide bonds. The number of carbonyl (C=O) groups excluding carboxylic acids is 1. The summed E-state index contributed by atoms with van der Waals surface area (Å²) in [6.07, 6.45) is 4.30.